The topological polar surface area (TPSA) is 94.0 Å². The van der Waals surface area contributed by atoms with E-state index in [1.165, 1.54) is 24.3 Å². The van der Waals surface area contributed by atoms with Gasteiger partial charge in [0.25, 0.3) is 0 Å². The smallest absolute Gasteiger partial charge is 0.319 e. The molecule has 0 spiro atoms. The van der Waals surface area contributed by atoms with Crippen LogP contribution in [0.25, 0.3) is 32.8 Å². The number of halogens is 2. The highest BCUT2D eigenvalue weighted by Gasteiger charge is 2.50. The Morgan fingerprint density at radius 2 is 1.73 bits per heavy atom. The van der Waals surface area contributed by atoms with E-state index in [1.54, 1.807) is 6.07 Å². The molecule has 0 amide bonds. The highest BCUT2D eigenvalue weighted by Crippen LogP contribution is 2.50. The number of piperazine rings is 1. The number of anilines is 1. The molecule has 8 nitrogen and oxygen atoms in total. The average Bonchev–Trinajstić information content (AvgIpc) is 3.71. The Kier molecular flexibility index (Phi) is 7.05. The summed E-state index contributed by atoms with van der Waals surface area (Å²) in [6.07, 6.45) is 13.7. The van der Waals surface area contributed by atoms with Crippen LogP contribution < -0.4 is 15.0 Å². The summed E-state index contributed by atoms with van der Waals surface area (Å²) < 4.78 is 38.2. The second-order valence-corrected chi connectivity index (χ2v) is 14.8. The number of benzene rings is 3. The third-order valence-electron chi connectivity index (χ3n) is 11.6. The molecule has 4 unspecified atom stereocenters. The Labute approximate surface area is 278 Å². The summed E-state index contributed by atoms with van der Waals surface area (Å²) in [5, 5.41) is 26.0. The minimum Gasteiger partial charge on any atom is -0.508 e. The number of aromatic nitrogens is 2. The van der Waals surface area contributed by atoms with Gasteiger partial charge in [-0.2, -0.15) is 9.97 Å². The van der Waals surface area contributed by atoms with Gasteiger partial charge in [0.2, 0.25) is 0 Å². The van der Waals surface area contributed by atoms with Crippen LogP contribution in [0.4, 0.5) is 14.6 Å². The van der Waals surface area contributed by atoms with E-state index in [4.69, 9.17) is 16.1 Å². The van der Waals surface area contributed by atoms with Crippen molar-refractivity contribution in [2.75, 3.05) is 31.1 Å². The van der Waals surface area contributed by atoms with Gasteiger partial charge in [0, 0.05) is 65.6 Å². The molecular weight excluding hydrogens is 612 g/mol. The van der Waals surface area contributed by atoms with Gasteiger partial charge in [-0.25, -0.2) is 8.78 Å². The number of fused-ring (bicyclic) bond motifs is 6. The van der Waals surface area contributed by atoms with Crippen molar-refractivity contribution in [1.29, 1.82) is 0 Å². The molecule has 1 aromatic heterocycles. The molecule has 4 bridgehead atoms. The van der Waals surface area contributed by atoms with E-state index >= 15 is 4.39 Å². The van der Waals surface area contributed by atoms with Crippen molar-refractivity contribution in [1.82, 2.24) is 20.2 Å². The van der Waals surface area contributed by atoms with E-state index in [-0.39, 0.29) is 45.5 Å². The Hall–Kier alpha value is -4.04. The maximum Gasteiger partial charge on any atom is 0.319 e. The molecule has 48 heavy (non-hydrogen) atoms. The molecule has 4 saturated heterocycles. The van der Waals surface area contributed by atoms with Crippen LogP contribution in [-0.2, 0) is 0 Å². The van der Waals surface area contributed by atoms with Gasteiger partial charge in [-0.15, -0.1) is 6.42 Å². The largest absolute Gasteiger partial charge is 0.508 e. The zero-order chi connectivity index (χ0) is 32.7. The summed E-state index contributed by atoms with van der Waals surface area (Å²) >= 11 is 0. The van der Waals surface area contributed by atoms with Crippen LogP contribution in [0.3, 0.4) is 0 Å². The molecule has 5 fully saturated rings. The first-order chi connectivity index (χ1) is 23.3. The van der Waals surface area contributed by atoms with Crippen LogP contribution in [0.5, 0.6) is 11.8 Å². The lowest BCUT2D eigenvalue weighted by Crippen LogP contribution is -2.51. The number of aromatic hydroxyl groups is 1. The van der Waals surface area contributed by atoms with Crippen molar-refractivity contribution >= 4 is 27.5 Å². The third kappa shape index (κ3) is 5.06. The minimum absolute atomic E-state index is 0.00760. The van der Waals surface area contributed by atoms with Crippen LogP contribution in [0, 0.1) is 29.4 Å². The lowest BCUT2D eigenvalue weighted by Gasteiger charge is -2.39. The normalized spacial score (nSPS) is 27.5. The van der Waals surface area contributed by atoms with Crippen molar-refractivity contribution in [2.24, 2.45) is 5.41 Å². The summed E-state index contributed by atoms with van der Waals surface area (Å²) in [7, 11) is 0. The van der Waals surface area contributed by atoms with Crippen molar-refractivity contribution < 1.29 is 23.7 Å². The number of rotatable bonds is 7. The van der Waals surface area contributed by atoms with Crippen LogP contribution >= 0.6 is 0 Å². The lowest BCUT2D eigenvalue weighted by atomic mass is 9.93. The Bertz CT molecular complexity index is 1970. The monoisotopic (exact) mass is 651 g/mol. The second-order valence-electron chi connectivity index (χ2n) is 14.8. The summed E-state index contributed by atoms with van der Waals surface area (Å²) in [5.74, 6) is 1.79. The Morgan fingerprint density at radius 1 is 0.979 bits per heavy atom. The van der Waals surface area contributed by atoms with Crippen molar-refractivity contribution in [3.63, 3.8) is 0 Å². The molecule has 5 aliphatic rings. The predicted molar refractivity (Wildman–Crippen MR) is 180 cm³/mol. The molecule has 4 aromatic rings. The molecule has 9 rings (SSSR count). The van der Waals surface area contributed by atoms with Crippen LogP contribution in [0.15, 0.2) is 36.4 Å². The fourth-order valence-electron chi connectivity index (χ4n) is 9.02. The van der Waals surface area contributed by atoms with E-state index in [9.17, 15) is 14.6 Å². The highest BCUT2D eigenvalue weighted by molar-refractivity contribution is 6.04. The van der Waals surface area contributed by atoms with Gasteiger partial charge < -0.3 is 25.2 Å². The number of aliphatic hydroxyl groups is 1. The molecule has 1 aliphatic carbocycles. The van der Waals surface area contributed by atoms with E-state index in [1.807, 2.05) is 6.07 Å². The van der Waals surface area contributed by atoms with Gasteiger partial charge in [-0.05, 0) is 86.6 Å². The Balaban J connectivity index is 1.11. The fourth-order valence-corrected chi connectivity index (χ4v) is 9.02. The van der Waals surface area contributed by atoms with Gasteiger partial charge >= 0.3 is 6.01 Å². The second kappa shape index (κ2) is 11.3. The van der Waals surface area contributed by atoms with Crippen molar-refractivity contribution in [3.8, 4) is 35.2 Å². The Morgan fingerprint density at radius 3 is 2.44 bits per heavy atom. The molecule has 3 aromatic carbocycles. The van der Waals surface area contributed by atoms with E-state index in [0.29, 0.717) is 52.8 Å². The SMILES string of the molecule is C#Cc1c(F)ccc2cc(O)cc(-c3ccc4c(N5CC6CCC(C5)N6)nc(OCC5(CN6C7CCC6CC(O)C7)CC5)nc4c3F)c12. The number of piperidine rings is 1. The number of hydrogen-bond donors (Lipinski definition) is 3. The van der Waals surface area contributed by atoms with E-state index < -0.39 is 11.6 Å². The number of phenols is 1. The van der Waals surface area contributed by atoms with E-state index in [2.05, 4.69) is 26.0 Å². The number of terminal acetylenes is 1. The van der Waals surface area contributed by atoms with Gasteiger partial charge in [-0.1, -0.05) is 18.1 Å². The minimum atomic E-state index is -0.608. The molecule has 10 heteroatoms. The highest BCUT2D eigenvalue weighted by atomic mass is 19.1. The van der Waals surface area contributed by atoms with Gasteiger partial charge in [0.1, 0.15) is 22.9 Å². The average molecular weight is 652 g/mol. The lowest BCUT2D eigenvalue weighted by molar-refractivity contribution is 0.0182. The first-order valence-electron chi connectivity index (χ1n) is 17.3. The molecule has 1 saturated carbocycles. The van der Waals surface area contributed by atoms with Gasteiger partial charge in [0.05, 0.1) is 18.3 Å². The van der Waals surface area contributed by atoms with Crippen molar-refractivity contribution in [3.05, 3.63) is 53.6 Å². The number of nitrogens with one attached hydrogen (secondary N) is 1. The van der Waals surface area contributed by atoms with Gasteiger partial charge in [-0.3, -0.25) is 4.90 Å². The quantitative estimate of drug-likeness (QED) is 0.226. The molecule has 5 heterocycles. The molecule has 3 N–H and O–H groups in total. The predicted octanol–water partition coefficient (Wildman–Crippen LogP) is 5.50. The maximum atomic E-state index is 16.9. The first kappa shape index (κ1) is 30.1. The van der Waals surface area contributed by atoms with Crippen molar-refractivity contribution in [2.45, 2.75) is 81.6 Å². The molecule has 4 aliphatic heterocycles. The fraction of sp³-hybridized carbons (Fsp3) is 0.474. The summed E-state index contributed by atoms with van der Waals surface area (Å²) in [4.78, 5) is 14.4. The van der Waals surface area contributed by atoms with Crippen LogP contribution in [0.1, 0.15) is 56.9 Å². The van der Waals surface area contributed by atoms with Crippen LogP contribution in [0.2, 0.25) is 0 Å². The van der Waals surface area contributed by atoms with Crippen LogP contribution in [-0.4, -0.2) is 81.6 Å². The maximum absolute atomic E-state index is 16.9. The number of aliphatic hydroxyl groups excluding tert-OH is 1. The van der Waals surface area contributed by atoms with E-state index in [0.717, 1.165) is 71.0 Å². The summed E-state index contributed by atoms with van der Waals surface area (Å²) in [5.41, 5.74) is 0.561. The van der Waals surface area contributed by atoms with Gasteiger partial charge in [0.15, 0.2) is 5.82 Å². The molecule has 248 valence electrons. The third-order valence-corrected chi connectivity index (χ3v) is 11.6. The number of phenolic OH excluding ortho intramolecular Hbond substituents is 1. The first-order valence-corrected chi connectivity index (χ1v) is 17.3. The standard InChI is InChI=1S/C38H39F2N5O3/c1-2-28-32(39)10-3-21-13-26(46)16-31(33(21)28)29-8-9-30-35(34(29)40)42-37(43-36(30)44-17-22-4-5-23(18-44)41-22)48-20-38(11-12-38)19-45-24-6-7-25(45)15-27(47)14-24/h1,3,8-10,13,16,22-25,27,41,46-47H,4-7,11-12,14-15,17-20H2. The number of nitrogens with zero attached hydrogens (tertiary/aromatic N) is 4. The number of hydrogen-bond acceptors (Lipinski definition) is 8. The summed E-state index contributed by atoms with van der Waals surface area (Å²) in [6, 6.07) is 10.8. The molecule has 0 radical (unpaired) electrons. The zero-order valence-electron chi connectivity index (χ0n) is 26.8. The molecular formula is C38H39F2N5O3. The zero-order valence-corrected chi connectivity index (χ0v) is 26.8. The molecule has 4 atom stereocenters. The number of ether oxygens (including phenoxy) is 1. The summed E-state index contributed by atoms with van der Waals surface area (Å²) in [6.45, 7) is 2.86.